The second-order valence-corrected chi connectivity index (χ2v) is 7.43. The molecule has 1 aliphatic carbocycles. The smallest absolute Gasteiger partial charge is 0.242 e. The molecule has 118 valence electrons. The topological polar surface area (TPSA) is 92.4 Å². The lowest BCUT2D eigenvalue weighted by Crippen LogP contribution is -2.32. The molecule has 0 aliphatic heterocycles. The first-order valence-corrected chi connectivity index (χ1v) is 8.56. The first-order valence-electron chi connectivity index (χ1n) is 6.70. The molecule has 0 spiro atoms. The van der Waals surface area contributed by atoms with Crippen molar-refractivity contribution in [2.45, 2.75) is 24.2 Å². The van der Waals surface area contributed by atoms with E-state index in [2.05, 4.69) is 4.72 Å². The number of anilines is 1. The monoisotopic (exact) mass is 336 g/mol. The van der Waals surface area contributed by atoms with Gasteiger partial charge in [-0.2, -0.15) is 0 Å². The molecule has 1 fully saturated rings. The molecule has 5 nitrogen and oxygen atoms in total. The van der Waals surface area contributed by atoms with Crippen LogP contribution in [0, 0.1) is 17.7 Å². The van der Waals surface area contributed by atoms with E-state index in [9.17, 15) is 17.9 Å². The Morgan fingerprint density at radius 2 is 2.05 bits per heavy atom. The van der Waals surface area contributed by atoms with Gasteiger partial charge in [0.05, 0.1) is 10.7 Å². The molecular weight excluding hydrogens is 319 g/mol. The molecule has 0 aromatic heterocycles. The molecule has 1 aromatic carbocycles. The molecule has 0 amide bonds. The highest BCUT2D eigenvalue weighted by Gasteiger charge is 2.28. The Kier molecular flexibility index (Phi) is 5.08. The van der Waals surface area contributed by atoms with E-state index in [1.165, 1.54) is 0 Å². The number of halogens is 2. The van der Waals surface area contributed by atoms with Gasteiger partial charge in [-0.1, -0.05) is 18.0 Å². The Bertz CT molecular complexity index is 624. The van der Waals surface area contributed by atoms with Gasteiger partial charge in [-0.25, -0.2) is 17.5 Å². The van der Waals surface area contributed by atoms with Gasteiger partial charge in [0.2, 0.25) is 10.0 Å². The first kappa shape index (κ1) is 16.5. The largest absolute Gasteiger partial charge is 0.396 e. The van der Waals surface area contributed by atoms with Gasteiger partial charge in [0.1, 0.15) is 10.7 Å². The summed E-state index contributed by atoms with van der Waals surface area (Å²) in [4.78, 5) is -0.235. The van der Waals surface area contributed by atoms with Crippen LogP contribution in [0.25, 0.3) is 0 Å². The zero-order valence-electron chi connectivity index (χ0n) is 11.4. The van der Waals surface area contributed by atoms with Crippen molar-refractivity contribution in [1.29, 1.82) is 0 Å². The highest BCUT2D eigenvalue weighted by atomic mass is 35.5. The minimum atomic E-state index is -3.86. The van der Waals surface area contributed by atoms with E-state index in [-0.39, 0.29) is 40.6 Å². The summed E-state index contributed by atoms with van der Waals surface area (Å²) >= 11 is 5.78. The highest BCUT2D eigenvalue weighted by molar-refractivity contribution is 7.89. The average molecular weight is 337 g/mol. The fourth-order valence-electron chi connectivity index (χ4n) is 2.67. The number of nitrogens with one attached hydrogen (secondary N) is 1. The molecule has 21 heavy (non-hydrogen) atoms. The van der Waals surface area contributed by atoms with Gasteiger partial charge in [-0.3, -0.25) is 0 Å². The summed E-state index contributed by atoms with van der Waals surface area (Å²) in [6.07, 6.45) is 2.74. The standard InChI is InChI=1S/C13H18ClFN2O3S/c14-10-4-11(15)12(16)5-13(10)21(19,20)17-6-8-2-1-3-9(8)7-18/h4-5,8-9,17-18H,1-3,6-7,16H2. The van der Waals surface area contributed by atoms with E-state index >= 15 is 0 Å². The van der Waals surface area contributed by atoms with Gasteiger partial charge in [-0.05, 0) is 36.8 Å². The summed E-state index contributed by atoms with van der Waals surface area (Å²) in [6, 6.07) is 1.90. The van der Waals surface area contributed by atoms with Gasteiger partial charge in [0, 0.05) is 13.2 Å². The van der Waals surface area contributed by atoms with Crippen molar-refractivity contribution in [3.63, 3.8) is 0 Å². The van der Waals surface area contributed by atoms with Crippen molar-refractivity contribution in [2.24, 2.45) is 11.8 Å². The first-order chi connectivity index (χ1) is 9.85. The number of aliphatic hydroxyl groups is 1. The predicted molar refractivity (Wildman–Crippen MR) is 78.9 cm³/mol. The number of nitrogens with two attached hydrogens (primary N) is 1. The van der Waals surface area contributed by atoms with Crippen molar-refractivity contribution in [1.82, 2.24) is 4.72 Å². The molecule has 1 saturated carbocycles. The van der Waals surface area contributed by atoms with Gasteiger partial charge >= 0.3 is 0 Å². The number of benzene rings is 1. The Hall–Kier alpha value is -0.890. The fourth-order valence-corrected chi connectivity index (χ4v) is 4.31. The molecule has 0 heterocycles. The van der Waals surface area contributed by atoms with Crippen molar-refractivity contribution in [3.8, 4) is 0 Å². The maximum Gasteiger partial charge on any atom is 0.242 e. The average Bonchev–Trinajstić information content (AvgIpc) is 2.88. The van der Waals surface area contributed by atoms with Crippen LogP contribution in [0.4, 0.5) is 10.1 Å². The normalized spacial score (nSPS) is 22.6. The summed E-state index contributed by atoms with van der Waals surface area (Å²) in [6.45, 7) is 0.276. The van der Waals surface area contributed by atoms with Gasteiger partial charge < -0.3 is 10.8 Å². The van der Waals surface area contributed by atoms with Gasteiger partial charge in [0.25, 0.3) is 0 Å². The Balaban J connectivity index is 2.14. The van der Waals surface area contributed by atoms with Crippen LogP contribution in [-0.4, -0.2) is 26.7 Å². The second-order valence-electron chi connectivity index (χ2n) is 5.29. The maximum absolute atomic E-state index is 13.2. The quantitative estimate of drug-likeness (QED) is 0.714. The third-order valence-corrected chi connectivity index (χ3v) is 5.82. The van der Waals surface area contributed by atoms with E-state index < -0.39 is 15.8 Å². The van der Waals surface area contributed by atoms with Crippen molar-refractivity contribution in [3.05, 3.63) is 23.0 Å². The van der Waals surface area contributed by atoms with Crippen molar-refractivity contribution < 1.29 is 17.9 Å². The number of aliphatic hydroxyl groups excluding tert-OH is 1. The summed E-state index contributed by atoms with van der Waals surface area (Å²) in [5.41, 5.74) is 5.12. The van der Waals surface area contributed by atoms with Crippen LogP contribution < -0.4 is 10.5 Å². The summed E-state index contributed by atoms with van der Waals surface area (Å²) in [5.74, 6) is -0.544. The van der Waals surface area contributed by atoms with Crippen LogP contribution in [0.2, 0.25) is 5.02 Å². The van der Waals surface area contributed by atoms with Crippen LogP contribution in [-0.2, 0) is 10.0 Å². The molecule has 8 heteroatoms. The van der Waals surface area contributed by atoms with Crippen LogP contribution >= 0.6 is 11.6 Å². The summed E-state index contributed by atoms with van der Waals surface area (Å²) < 4.78 is 40.2. The van der Waals surface area contributed by atoms with Crippen LogP contribution in [0.5, 0.6) is 0 Å². The van der Waals surface area contributed by atoms with Crippen LogP contribution in [0.3, 0.4) is 0 Å². The Labute approximate surface area is 128 Å². The number of nitrogen functional groups attached to an aromatic ring is 1. The highest BCUT2D eigenvalue weighted by Crippen LogP contribution is 2.31. The lowest BCUT2D eigenvalue weighted by molar-refractivity contribution is 0.195. The number of sulfonamides is 1. The molecule has 2 atom stereocenters. The van der Waals surface area contributed by atoms with Crippen LogP contribution in [0.15, 0.2) is 17.0 Å². The summed E-state index contributed by atoms with van der Waals surface area (Å²) in [5, 5.41) is 9.03. The minimum absolute atomic E-state index is 0.0522. The second kappa shape index (κ2) is 6.48. The van der Waals surface area contributed by atoms with Crippen molar-refractivity contribution in [2.75, 3.05) is 18.9 Å². The number of hydrogen-bond acceptors (Lipinski definition) is 4. The molecule has 2 rings (SSSR count). The van der Waals surface area contributed by atoms with E-state index in [0.717, 1.165) is 31.4 Å². The molecule has 0 saturated heterocycles. The minimum Gasteiger partial charge on any atom is -0.396 e. The van der Waals surface area contributed by atoms with Gasteiger partial charge in [0.15, 0.2) is 0 Å². The molecule has 0 radical (unpaired) electrons. The van der Waals surface area contributed by atoms with Crippen molar-refractivity contribution >= 4 is 27.3 Å². The zero-order chi connectivity index (χ0) is 15.6. The summed E-state index contributed by atoms with van der Waals surface area (Å²) in [7, 11) is -3.86. The lowest BCUT2D eigenvalue weighted by Gasteiger charge is -2.18. The number of hydrogen-bond donors (Lipinski definition) is 3. The third-order valence-electron chi connectivity index (χ3n) is 3.93. The van der Waals surface area contributed by atoms with E-state index in [1.807, 2.05) is 0 Å². The van der Waals surface area contributed by atoms with E-state index in [4.69, 9.17) is 17.3 Å². The Morgan fingerprint density at radius 3 is 2.71 bits per heavy atom. The van der Waals surface area contributed by atoms with E-state index in [0.29, 0.717) is 0 Å². The number of rotatable bonds is 5. The molecule has 1 aliphatic rings. The predicted octanol–water partition coefficient (Wildman–Crippen LogP) is 1.75. The lowest BCUT2D eigenvalue weighted by atomic mass is 9.97. The molecule has 2 unspecified atom stereocenters. The zero-order valence-corrected chi connectivity index (χ0v) is 12.9. The van der Waals surface area contributed by atoms with Gasteiger partial charge in [-0.15, -0.1) is 0 Å². The Morgan fingerprint density at radius 1 is 1.38 bits per heavy atom. The van der Waals surface area contributed by atoms with E-state index in [1.54, 1.807) is 0 Å². The fraction of sp³-hybridized carbons (Fsp3) is 0.538. The van der Waals surface area contributed by atoms with Crippen LogP contribution in [0.1, 0.15) is 19.3 Å². The molecule has 1 aromatic rings. The maximum atomic E-state index is 13.2. The molecule has 0 bridgehead atoms. The molecular formula is C13H18ClFN2O3S. The third kappa shape index (κ3) is 3.66. The molecule has 4 N–H and O–H groups in total. The SMILES string of the molecule is Nc1cc(S(=O)(=O)NCC2CCCC2CO)c(Cl)cc1F.